The van der Waals surface area contributed by atoms with Crippen LogP contribution in [0.3, 0.4) is 0 Å². The molecule has 2 heteroatoms. The molecular weight excluding hydrogens is 226 g/mol. The van der Waals surface area contributed by atoms with E-state index in [1.165, 1.54) is 11.1 Å². The van der Waals surface area contributed by atoms with Gasteiger partial charge < -0.3 is 5.32 Å². The first-order chi connectivity index (χ1) is 6.20. The summed E-state index contributed by atoms with van der Waals surface area (Å²) in [5.41, 5.74) is 2.67. The molecule has 0 aliphatic heterocycles. The number of hydrogen-bond acceptors (Lipinski definition) is 1. The van der Waals surface area contributed by atoms with E-state index in [0.29, 0.717) is 0 Å². The van der Waals surface area contributed by atoms with Gasteiger partial charge in [0, 0.05) is 17.6 Å². The van der Waals surface area contributed by atoms with Gasteiger partial charge in [0.25, 0.3) is 0 Å². The van der Waals surface area contributed by atoms with Crippen LogP contribution < -0.4 is 5.32 Å². The third-order valence-electron chi connectivity index (χ3n) is 1.89. The molecule has 0 radical (unpaired) electrons. The number of benzene rings is 1. The Morgan fingerprint density at radius 1 is 1.46 bits per heavy atom. The molecule has 0 aliphatic rings. The van der Waals surface area contributed by atoms with Crippen LogP contribution in [0.25, 0.3) is 0 Å². The zero-order valence-electron chi connectivity index (χ0n) is 7.81. The first-order valence-electron chi connectivity index (χ1n) is 4.28. The fraction of sp³-hybridized carbons (Fsp3) is 0.273. The monoisotopic (exact) mass is 239 g/mol. The molecule has 1 N–H and O–H groups in total. The Balaban J connectivity index is 2.45. The van der Waals surface area contributed by atoms with Crippen molar-refractivity contribution in [2.45, 2.75) is 13.5 Å². The third-order valence-corrected chi connectivity index (χ3v) is 2.17. The van der Waals surface area contributed by atoms with E-state index in [4.69, 9.17) is 0 Å². The molecule has 0 atom stereocenters. The van der Waals surface area contributed by atoms with Crippen molar-refractivity contribution >= 4 is 15.9 Å². The van der Waals surface area contributed by atoms with Crippen LogP contribution in [0, 0.1) is 6.92 Å². The van der Waals surface area contributed by atoms with Gasteiger partial charge in [-0.1, -0.05) is 46.8 Å². The normalized spacial score (nSPS) is 10.0. The highest BCUT2D eigenvalue weighted by Gasteiger charge is 1.95. The zero-order valence-corrected chi connectivity index (χ0v) is 9.39. The number of hydrogen-bond donors (Lipinski definition) is 1. The number of rotatable bonds is 4. The fourth-order valence-electron chi connectivity index (χ4n) is 1.14. The van der Waals surface area contributed by atoms with Crippen LogP contribution in [-0.2, 0) is 6.54 Å². The molecule has 0 heterocycles. The van der Waals surface area contributed by atoms with Gasteiger partial charge in [0.2, 0.25) is 0 Å². The summed E-state index contributed by atoms with van der Waals surface area (Å²) < 4.78 is 0.987. The second kappa shape index (κ2) is 5.20. The topological polar surface area (TPSA) is 12.0 Å². The van der Waals surface area contributed by atoms with Gasteiger partial charge in [-0.15, -0.1) is 0 Å². The predicted molar refractivity (Wildman–Crippen MR) is 61.0 cm³/mol. The highest BCUT2D eigenvalue weighted by Crippen LogP contribution is 2.06. The van der Waals surface area contributed by atoms with Gasteiger partial charge in [0.1, 0.15) is 0 Å². The third kappa shape index (κ3) is 3.75. The van der Waals surface area contributed by atoms with E-state index in [1.807, 2.05) is 0 Å². The maximum atomic E-state index is 3.76. The average Bonchev–Trinajstić information content (AvgIpc) is 2.08. The SMILES string of the molecule is C=C(Br)CNCc1ccccc1C. The van der Waals surface area contributed by atoms with Crippen LogP contribution in [0.15, 0.2) is 35.3 Å². The second-order valence-corrected chi connectivity index (χ2v) is 4.17. The average molecular weight is 240 g/mol. The van der Waals surface area contributed by atoms with Crippen LogP contribution in [0.5, 0.6) is 0 Å². The molecule has 0 saturated heterocycles. The van der Waals surface area contributed by atoms with Crippen molar-refractivity contribution in [3.63, 3.8) is 0 Å². The van der Waals surface area contributed by atoms with E-state index in [9.17, 15) is 0 Å². The Hall–Kier alpha value is -0.600. The largest absolute Gasteiger partial charge is 0.308 e. The molecule has 70 valence electrons. The number of nitrogens with one attached hydrogen (secondary N) is 1. The molecule has 0 amide bonds. The van der Waals surface area contributed by atoms with Crippen molar-refractivity contribution in [2.75, 3.05) is 6.54 Å². The molecule has 0 spiro atoms. The lowest BCUT2D eigenvalue weighted by atomic mass is 10.1. The molecule has 1 rings (SSSR count). The van der Waals surface area contributed by atoms with Gasteiger partial charge >= 0.3 is 0 Å². The molecular formula is C11H14BrN. The summed E-state index contributed by atoms with van der Waals surface area (Å²) in [6, 6.07) is 8.38. The molecule has 0 bridgehead atoms. The van der Waals surface area contributed by atoms with Crippen molar-refractivity contribution in [3.8, 4) is 0 Å². The molecule has 0 aromatic heterocycles. The van der Waals surface area contributed by atoms with Gasteiger partial charge in [-0.25, -0.2) is 0 Å². The number of halogens is 1. The van der Waals surface area contributed by atoms with Crippen LogP contribution in [0.2, 0.25) is 0 Å². The minimum absolute atomic E-state index is 0.814. The molecule has 1 aromatic rings. The summed E-state index contributed by atoms with van der Waals surface area (Å²) >= 11 is 3.31. The number of aryl methyl sites for hydroxylation is 1. The van der Waals surface area contributed by atoms with E-state index in [0.717, 1.165) is 17.6 Å². The molecule has 0 fully saturated rings. The van der Waals surface area contributed by atoms with Crippen molar-refractivity contribution in [2.24, 2.45) is 0 Å². The molecule has 1 aromatic carbocycles. The summed E-state index contributed by atoms with van der Waals surface area (Å²) in [6.45, 7) is 7.60. The zero-order chi connectivity index (χ0) is 9.68. The summed E-state index contributed by atoms with van der Waals surface area (Å²) in [7, 11) is 0. The molecule has 1 nitrogen and oxygen atoms in total. The van der Waals surface area contributed by atoms with Crippen molar-refractivity contribution in [1.29, 1.82) is 0 Å². The molecule has 0 aliphatic carbocycles. The molecule has 13 heavy (non-hydrogen) atoms. The van der Waals surface area contributed by atoms with Gasteiger partial charge in [-0.2, -0.15) is 0 Å². The Morgan fingerprint density at radius 3 is 2.77 bits per heavy atom. The maximum absolute atomic E-state index is 3.76. The Labute approximate surface area is 88.0 Å². The maximum Gasteiger partial charge on any atom is 0.0268 e. The first kappa shape index (κ1) is 10.5. The quantitative estimate of drug-likeness (QED) is 0.853. The van der Waals surface area contributed by atoms with Crippen LogP contribution in [0.4, 0.5) is 0 Å². The van der Waals surface area contributed by atoms with Crippen LogP contribution in [0.1, 0.15) is 11.1 Å². The lowest BCUT2D eigenvalue weighted by Crippen LogP contribution is -2.14. The summed E-state index contributed by atoms with van der Waals surface area (Å²) in [4.78, 5) is 0. The predicted octanol–water partition coefficient (Wildman–Crippen LogP) is 2.99. The van der Waals surface area contributed by atoms with Crippen molar-refractivity contribution in [3.05, 3.63) is 46.5 Å². The Kier molecular flexibility index (Phi) is 4.19. The summed E-state index contributed by atoms with van der Waals surface area (Å²) in [5.74, 6) is 0. The lowest BCUT2D eigenvalue weighted by molar-refractivity contribution is 0.753. The molecule has 0 unspecified atom stereocenters. The molecule has 0 saturated carbocycles. The van der Waals surface area contributed by atoms with E-state index < -0.39 is 0 Å². The lowest BCUT2D eigenvalue weighted by Gasteiger charge is -2.06. The van der Waals surface area contributed by atoms with Crippen LogP contribution >= 0.6 is 15.9 Å². The summed E-state index contributed by atoms with van der Waals surface area (Å²) in [6.07, 6.45) is 0. The Bertz CT molecular complexity index is 294. The smallest absolute Gasteiger partial charge is 0.0268 e. The fourth-order valence-corrected chi connectivity index (χ4v) is 1.34. The first-order valence-corrected chi connectivity index (χ1v) is 5.08. The summed E-state index contributed by atoms with van der Waals surface area (Å²) in [5, 5.41) is 3.30. The van der Waals surface area contributed by atoms with Gasteiger partial charge in [0.15, 0.2) is 0 Å². The van der Waals surface area contributed by atoms with Gasteiger partial charge in [-0.3, -0.25) is 0 Å². The highest BCUT2D eigenvalue weighted by atomic mass is 79.9. The highest BCUT2D eigenvalue weighted by molar-refractivity contribution is 9.11. The standard InChI is InChI=1S/C11H14BrN/c1-9-5-3-4-6-11(9)8-13-7-10(2)12/h3-6,13H,2,7-8H2,1H3. The Morgan fingerprint density at radius 2 is 2.15 bits per heavy atom. The van der Waals surface area contributed by atoms with Crippen molar-refractivity contribution in [1.82, 2.24) is 5.32 Å². The van der Waals surface area contributed by atoms with Gasteiger partial charge in [-0.05, 0) is 18.1 Å². The van der Waals surface area contributed by atoms with Gasteiger partial charge in [0.05, 0.1) is 0 Å². The minimum atomic E-state index is 0.814. The van der Waals surface area contributed by atoms with E-state index >= 15 is 0 Å². The van der Waals surface area contributed by atoms with E-state index in [-0.39, 0.29) is 0 Å². The van der Waals surface area contributed by atoms with Crippen LogP contribution in [-0.4, -0.2) is 6.54 Å². The minimum Gasteiger partial charge on any atom is -0.308 e. The van der Waals surface area contributed by atoms with Crippen molar-refractivity contribution < 1.29 is 0 Å². The second-order valence-electron chi connectivity index (χ2n) is 3.05. The van der Waals surface area contributed by atoms with E-state index in [2.05, 4.69) is 59.0 Å². The van der Waals surface area contributed by atoms with E-state index in [1.54, 1.807) is 0 Å².